The molecule has 0 atom stereocenters. The van der Waals surface area contributed by atoms with Crippen LogP contribution in [0, 0.1) is 6.92 Å². The van der Waals surface area contributed by atoms with Crippen molar-refractivity contribution in [3.63, 3.8) is 0 Å². The number of thiazole rings is 1. The van der Waals surface area contributed by atoms with Gasteiger partial charge in [0.1, 0.15) is 10.4 Å². The molecule has 2 fully saturated rings. The van der Waals surface area contributed by atoms with Gasteiger partial charge in [0.05, 0.1) is 5.69 Å². The molecule has 0 bridgehead atoms. The second-order valence-corrected chi connectivity index (χ2v) is 6.18. The number of aryl methyl sites for hydroxylation is 1. The van der Waals surface area contributed by atoms with E-state index < -0.39 is 11.4 Å². The molecule has 0 saturated heterocycles. The molecule has 0 aromatic carbocycles. The lowest BCUT2D eigenvalue weighted by atomic mass is 9.82. The first kappa shape index (κ1) is 10.3. The van der Waals surface area contributed by atoms with E-state index in [2.05, 4.69) is 11.9 Å². The van der Waals surface area contributed by atoms with Crippen LogP contribution < -0.4 is 0 Å². The third-order valence-electron chi connectivity index (χ3n) is 3.89. The molecule has 0 aliphatic heterocycles. The Hall–Kier alpha value is -0.900. The standard InChI is InChI=1S/C12H15NO2S/c1-7-9(8-3-2-4-8)13-10(16-7)12(5-6-12)11(14)15/h8H,2-6H2,1H3,(H,14,15). The van der Waals surface area contributed by atoms with Gasteiger partial charge in [0.15, 0.2) is 0 Å². The maximum absolute atomic E-state index is 11.2. The van der Waals surface area contributed by atoms with Crippen LogP contribution >= 0.6 is 11.3 Å². The minimum Gasteiger partial charge on any atom is -0.481 e. The summed E-state index contributed by atoms with van der Waals surface area (Å²) in [5, 5.41) is 10.1. The van der Waals surface area contributed by atoms with Crippen molar-refractivity contribution in [3.05, 3.63) is 15.6 Å². The van der Waals surface area contributed by atoms with Crippen LogP contribution in [0.4, 0.5) is 0 Å². The lowest BCUT2D eigenvalue weighted by Gasteiger charge is -2.24. The van der Waals surface area contributed by atoms with Gasteiger partial charge in [-0.1, -0.05) is 6.42 Å². The topological polar surface area (TPSA) is 50.2 Å². The van der Waals surface area contributed by atoms with E-state index in [1.54, 1.807) is 11.3 Å². The SMILES string of the molecule is Cc1sc(C2(C(=O)O)CC2)nc1C1CCC1. The van der Waals surface area contributed by atoms with Gasteiger partial charge in [-0.2, -0.15) is 0 Å². The van der Waals surface area contributed by atoms with Crippen molar-refractivity contribution in [1.82, 2.24) is 4.98 Å². The average molecular weight is 237 g/mol. The van der Waals surface area contributed by atoms with E-state index in [-0.39, 0.29) is 0 Å². The molecule has 2 aliphatic rings. The summed E-state index contributed by atoms with van der Waals surface area (Å²) in [5.74, 6) is -0.0870. The molecular formula is C12H15NO2S. The first-order valence-electron chi connectivity index (χ1n) is 5.85. The lowest BCUT2D eigenvalue weighted by molar-refractivity contribution is -0.140. The third-order valence-corrected chi connectivity index (χ3v) is 5.08. The number of carboxylic acid groups (broad SMARTS) is 1. The Morgan fingerprint density at radius 2 is 2.19 bits per heavy atom. The summed E-state index contributed by atoms with van der Waals surface area (Å²) >= 11 is 1.60. The largest absolute Gasteiger partial charge is 0.481 e. The fourth-order valence-electron chi connectivity index (χ4n) is 2.32. The molecule has 0 unspecified atom stereocenters. The predicted octanol–water partition coefficient (Wildman–Crippen LogP) is 2.84. The van der Waals surface area contributed by atoms with E-state index in [1.165, 1.54) is 29.8 Å². The fourth-order valence-corrected chi connectivity index (χ4v) is 3.56. The van der Waals surface area contributed by atoms with Crippen LogP contribution in [0.2, 0.25) is 0 Å². The number of hydrogen-bond acceptors (Lipinski definition) is 3. The highest BCUT2D eigenvalue weighted by Gasteiger charge is 2.54. The summed E-state index contributed by atoms with van der Waals surface area (Å²) in [6.07, 6.45) is 5.27. The minimum absolute atomic E-state index is 0.606. The monoisotopic (exact) mass is 237 g/mol. The fraction of sp³-hybridized carbons (Fsp3) is 0.667. The number of rotatable bonds is 3. The number of hydrogen-bond donors (Lipinski definition) is 1. The predicted molar refractivity (Wildman–Crippen MR) is 62.0 cm³/mol. The zero-order valence-corrected chi connectivity index (χ0v) is 10.1. The number of carboxylic acids is 1. The van der Waals surface area contributed by atoms with Crippen molar-refractivity contribution < 1.29 is 9.90 Å². The molecule has 4 heteroatoms. The Labute approximate surface area is 98.5 Å². The van der Waals surface area contributed by atoms with Crippen LogP contribution in [0.25, 0.3) is 0 Å². The number of aliphatic carboxylic acids is 1. The van der Waals surface area contributed by atoms with Crippen molar-refractivity contribution in [3.8, 4) is 0 Å². The molecule has 0 radical (unpaired) electrons. The van der Waals surface area contributed by atoms with Gasteiger partial charge in [-0.3, -0.25) is 4.79 Å². The summed E-state index contributed by atoms with van der Waals surface area (Å²) in [7, 11) is 0. The summed E-state index contributed by atoms with van der Waals surface area (Å²) < 4.78 is 0. The van der Waals surface area contributed by atoms with Crippen molar-refractivity contribution in [2.45, 2.75) is 50.4 Å². The summed E-state index contributed by atoms with van der Waals surface area (Å²) in [5.41, 5.74) is 0.566. The molecule has 3 rings (SSSR count). The summed E-state index contributed by atoms with van der Waals surface area (Å²) in [6, 6.07) is 0. The van der Waals surface area contributed by atoms with Gasteiger partial charge in [0, 0.05) is 10.8 Å². The molecule has 0 amide bonds. The Bertz CT molecular complexity index is 444. The van der Waals surface area contributed by atoms with Gasteiger partial charge in [0.2, 0.25) is 0 Å². The van der Waals surface area contributed by atoms with Crippen LogP contribution in [-0.2, 0) is 10.2 Å². The first-order valence-corrected chi connectivity index (χ1v) is 6.66. The molecule has 3 nitrogen and oxygen atoms in total. The second-order valence-electron chi connectivity index (χ2n) is 4.98. The molecule has 2 aliphatic carbocycles. The smallest absolute Gasteiger partial charge is 0.316 e. The Morgan fingerprint density at radius 1 is 1.50 bits per heavy atom. The third kappa shape index (κ3) is 1.32. The van der Waals surface area contributed by atoms with Crippen LogP contribution in [0.3, 0.4) is 0 Å². The molecule has 2 saturated carbocycles. The van der Waals surface area contributed by atoms with Crippen molar-refractivity contribution in [2.24, 2.45) is 0 Å². The van der Waals surface area contributed by atoms with Crippen molar-refractivity contribution >= 4 is 17.3 Å². The highest BCUT2D eigenvalue weighted by atomic mass is 32.1. The van der Waals surface area contributed by atoms with Crippen molar-refractivity contribution in [1.29, 1.82) is 0 Å². The van der Waals surface area contributed by atoms with Crippen LogP contribution in [0.15, 0.2) is 0 Å². The highest BCUT2D eigenvalue weighted by Crippen LogP contribution is 2.51. The number of aromatic nitrogens is 1. The quantitative estimate of drug-likeness (QED) is 0.879. The second kappa shape index (κ2) is 3.29. The average Bonchev–Trinajstić information content (AvgIpc) is 2.87. The van der Waals surface area contributed by atoms with E-state index in [0.717, 1.165) is 17.8 Å². The maximum Gasteiger partial charge on any atom is 0.316 e. The first-order chi connectivity index (χ1) is 7.63. The van der Waals surface area contributed by atoms with E-state index in [4.69, 9.17) is 0 Å². The molecule has 1 aromatic rings. The van der Waals surface area contributed by atoms with E-state index in [0.29, 0.717) is 5.92 Å². The van der Waals surface area contributed by atoms with Gasteiger partial charge >= 0.3 is 5.97 Å². The zero-order chi connectivity index (χ0) is 11.3. The van der Waals surface area contributed by atoms with E-state index in [9.17, 15) is 9.90 Å². The van der Waals surface area contributed by atoms with Gasteiger partial charge in [-0.15, -0.1) is 11.3 Å². The molecule has 1 heterocycles. The van der Waals surface area contributed by atoms with Gasteiger partial charge in [-0.05, 0) is 32.6 Å². The van der Waals surface area contributed by atoms with Crippen LogP contribution in [0.5, 0.6) is 0 Å². The van der Waals surface area contributed by atoms with E-state index >= 15 is 0 Å². The zero-order valence-electron chi connectivity index (χ0n) is 9.32. The molecule has 86 valence electrons. The minimum atomic E-state index is -0.693. The van der Waals surface area contributed by atoms with E-state index in [1.807, 2.05) is 0 Å². The van der Waals surface area contributed by atoms with Crippen LogP contribution in [0.1, 0.15) is 53.6 Å². The summed E-state index contributed by atoms with van der Waals surface area (Å²) in [6.45, 7) is 2.08. The van der Waals surface area contributed by atoms with Gasteiger partial charge in [-0.25, -0.2) is 4.98 Å². The number of carbonyl (C=O) groups is 1. The Kier molecular flexibility index (Phi) is 2.11. The lowest BCUT2D eigenvalue weighted by Crippen LogP contribution is -2.19. The normalized spacial score (nSPS) is 22.8. The van der Waals surface area contributed by atoms with Crippen LogP contribution in [-0.4, -0.2) is 16.1 Å². The molecule has 1 N–H and O–H groups in total. The summed E-state index contributed by atoms with van der Waals surface area (Å²) in [4.78, 5) is 17.1. The Balaban J connectivity index is 1.94. The Morgan fingerprint density at radius 3 is 2.62 bits per heavy atom. The van der Waals surface area contributed by atoms with Gasteiger partial charge < -0.3 is 5.11 Å². The molecule has 0 spiro atoms. The molecular weight excluding hydrogens is 222 g/mol. The molecule has 16 heavy (non-hydrogen) atoms. The highest BCUT2D eigenvalue weighted by molar-refractivity contribution is 7.12. The molecule has 1 aromatic heterocycles. The van der Waals surface area contributed by atoms with Crippen molar-refractivity contribution in [2.75, 3.05) is 0 Å². The van der Waals surface area contributed by atoms with Gasteiger partial charge in [0.25, 0.3) is 0 Å². The maximum atomic E-state index is 11.2. The number of nitrogens with zero attached hydrogens (tertiary/aromatic N) is 1.